The Morgan fingerprint density at radius 3 is 2.38 bits per heavy atom. The van der Waals surface area contributed by atoms with Gasteiger partial charge in [0.15, 0.2) is 0 Å². The second-order valence-corrected chi connectivity index (χ2v) is 4.58. The molecule has 1 aromatic heterocycles. The average Bonchev–Trinajstić information content (AvgIpc) is 3.05. The summed E-state index contributed by atoms with van der Waals surface area (Å²) in [6, 6.07) is 17.2. The Balaban J connectivity index is 1.88. The Bertz CT molecular complexity index is 746. The average molecular weight is 278 g/mol. The molecule has 0 unspecified atom stereocenters. The van der Waals surface area contributed by atoms with Crippen molar-refractivity contribution in [3.05, 3.63) is 72.6 Å². The maximum atomic E-state index is 11.4. The van der Waals surface area contributed by atoms with Crippen LogP contribution < -0.4 is 0 Å². The standard InChI is InChI=1S/C17H14N2O2/c1-21-17(20)14-7-9-16(10-8-14)19-12-15(11-18-19)13-5-3-2-4-6-13/h2-12H,1H3. The van der Waals surface area contributed by atoms with Crippen LogP contribution >= 0.6 is 0 Å². The molecule has 0 bridgehead atoms. The molecule has 0 amide bonds. The predicted molar refractivity (Wildman–Crippen MR) is 80.3 cm³/mol. The molecule has 0 aliphatic rings. The number of hydrogen-bond acceptors (Lipinski definition) is 3. The van der Waals surface area contributed by atoms with E-state index in [9.17, 15) is 4.79 Å². The Morgan fingerprint density at radius 2 is 1.71 bits per heavy atom. The number of rotatable bonds is 3. The molecule has 3 rings (SSSR count). The Labute approximate surface area is 122 Å². The minimum atomic E-state index is -0.341. The lowest BCUT2D eigenvalue weighted by Gasteiger charge is -2.03. The molecule has 0 atom stereocenters. The molecule has 1 heterocycles. The molecule has 0 saturated heterocycles. The second-order valence-electron chi connectivity index (χ2n) is 4.58. The first-order valence-corrected chi connectivity index (χ1v) is 6.57. The largest absolute Gasteiger partial charge is 0.465 e. The molecule has 4 heteroatoms. The van der Waals surface area contributed by atoms with Gasteiger partial charge in [-0.2, -0.15) is 5.10 Å². The molecule has 0 N–H and O–H groups in total. The van der Waals surface area contributed by atoms with Crippen LogP contribution in [0.2, 0.25) is 0 Å². The molecule has 4 nitrogen and oxygen atoms in total. The summed E-state index contributed by atoms with van der Waals surface area (Å²) in [4.78, 5) is 11.4. The zero-order valence-electron chi connectivity index (χ0n) is 11.6. The number of methoxy groups -OCH3 is 1. The van der Waals surface area contributed by atoms with Gasteiger partial charge in [0.1, 0.15) is 0 Å². The van der Waals surface area contributed by atoms with Crippen molar-refractivity contribution in [2.75, 3.05) is 7.11 Å². The maximum Gasteiger partial charge on any atom is 0.337 e. The van der Waals surface area contributed by atoms with E-state index in [1.165, 1.54) is 7.11 Å². The Hall–Kier alpha value is -2.88. The van der Waals surface area contributed by atoms with E-state index in [0.29, 0.717) is 5.56 Å². The SMILES string of the molecule is COC(=O)c1ccc(-n2cc(-c3ccccc3)cn2)cc1. The van der Waals surface area contributed by atoms with Gasteiger partial charge in [-0.25, -0.2) is 9.48 Å². The minimum Gasteiger partial charge on any atom is -0.465 e. The van der Waals surface area contributed by atoms with Crippen LogP contribution in [0.3, 0.4) is 0 Å². The van der Waals surface area contributed by atoms with E-state index in [-0.39, 0.29) is 5.97 Å². The number of carbonyl (C=O) groups is 1. The van der Waals surface area contributed by atoms with E-state index in [1.807, 2.05) is 54.9 Å². The zero-order valence-corrected chi connectivity index (χ0v) is 11.6. The fourth-order valence-corrected chi connectivity index (χ4v) is 2.11. The summed E-state index contributed by atoms with van der Waals surface area (Å²) in [5.41, 5.74) is 3.59. The quantitative estimate of drug-likeness (QED) is 0.690. The highest BCUT2D eigenvalue weighted by molar-refractivity contribution is 5.89. The third-order valence-corrected chi connectivity index (χ3v) is 3.24. The Kier molecular flexibility index (Phi) is 3.51. The second kappa shape index (κ2) is 5.63. The molecule has 0 radical (unpaired) electrons. The smallest absolute Gasteiger partial charge is 0.337 e. The molecule has 0 aliphatic heterocycles. The summed E-state index contributed by atoms with van der Waals surface area (Å²) >= 11 is 0. The van der Waals surface area contributed by atoms with Crippen LogP contribution in [0.25, 0.3) is 16.8 Å². The number of ether oxygens (including phenoxy) is 1. The van der Waals surface area contributed by atoms with Gasteiger partial charge in [0.25, 0.3) is 0 Å². The van der Waals surface area contributed by atoms with Crippen LogP contribution in [0.15, 0.2) is 67.0 Å². The highest BCUT2D eigenvalue weighted by Gasteiger charge is 2.06. The minimum absolute atomic E-state index is 0.341. The van der Waals surface area contributed by atoms with Crippen molar-refractivity contribution >= 4 is 5.97 Å². The third kappa shape index (κ3) is 2.69. The van der Waals surface area contributed by atoms with Crippen molar-refractivity contribution in [2.24, 2.45) is 0 Å². The van der Waals surface area contributed by atoms with Crippen LogP contribution in [-0.4, -0.2) is 22.9 Å². The van der Waals surface area contributed by atoms with Gasteiger partial charge >= 0.3 is 5.97 Å². The van der Waals surface area contributed by atoms with E-state index in [0.717, 1.165) is 16.8 Å². The Morgan fingerprint density at radius 1 is 1.00 bits per heavy atom. The number of benzene rings is 2. The lowest BCUT2D eigenvalue weighted by Crippen LogP contribution is -2.01. The van der Waals surface area contributed by atoms with E-state index in [4.69, 9.17) is 0 Å². The topological polar surface area (TPSA) is 44.1 Å². The van der Waals surface area contributed by atoms with Crippen molar-refractivity contribution in [2.45, 2.75) is 0 Å². The van der Waals surface area contributed by atoms with E-state index >= 15 is 0 Å². The third-order valence-electron chi connectivity index (χ3n) is 3.24. The van der Waals surface area contributed by atoms with Crippen LogP contribution in [-0.2, 0) is 4.74 Å². The number of aromatic nitrogens is 2. The van der Waals surface area contributed by atoms with Gasteiger partial charge in [-0.05, 0) is 29.8 Å². The lowest BCUT2D eigenvalue weighted by molar-refractivity contribution is 0.0601. The van der Waals surface area contributed by atoms with Crippen LogP contribution in [0.4, 0.5) is 0 Å². The fourth-order valence-electron chi connectivity index (χ4n) is 2.11. The summed E-state index contributed by atoms with van der Waals surface area (Å²) in [7, 11) is 1.37. The predicted octanol–water partition coefficient (Wildman–Crippen LogP) is 3.33. The van der Waals surface area contributed by atoms with Crippen molar-refractivity contribution in [1.82, 2.24) is 9.78 Å². The van der Waals surface area contributed by atoms with Gasteiger partial charge in [-0.1, -0.05) is 30.3 Å². The number of carbonyl (C=O) groups excluding carboxylic acids is 1. The first-order chi connectivity index (χ1) is 10.3. The van der Waals surface area contributed by atoms with E-state index in [1.54, 1.807) is 16.8 Å². The van der Waals surface area contributed by atoms with Crippen molar-refractivity contribution in [3.8, 4) is 16.8 Å². The maximum absolute atomic E-state index is 11.4. The van der Waals surface area contributed by atoms with Crippen LogP contribution in [0.5, 0.6) is 0 Å². The van der Waals surface area contributed by atoms with Gasteiger partial charge < -0.3 is 4.74 Å². The summed E-state index contributed by atoms with van der Waals surface area (Å²) in [5.74, 6) is -0.341. The first-order valence-electron chi connectivity index (χ1n) is 6.57. The van der Waals surface area contributed by atoms with Crippen LogP contribution in [0.1, 0.15) is 10.4 Å². The first kappa shape index (κ1) is 13.1. The molecule has 2 aromatic carbocycles. The normalized spacial score (nSPS) is 10.3. The molecular weight excluding hydrogens is 264 g/mol. The molecule has 0 spiro atoms. The van der Waals surface area contributed by atoms with Crippen molar-refractivity contribution < 1.29 is 9.53 Å². The number of esters is 1. The highest BCUT2D eigenvalue weighted by Crippen LogP contribution is 2.19. The molecule has 0 fully saturated rings. The molecule has 21 heavy (non-hydrogen) atoms. The molecule has 0 saturated carbocycles. The van der Waals surface area contributed by atoms with Gasteiger partial charge in [0.2, 0.25) is 0 Å². The summed E-state index contributed by atoms with van der Waals surface area (Å²) in [6.45, 7) is 0. The van der Waals surface area contributed by atoms with E-state index in [2.05, 4.69) is 9.84 Å². The van der Waals surface area contributed by atoms with Gasteiger partial charge in [0.05, 0.1) is 24.6 Å². The number of nitrogens with zero attached hydrogens (tertiary/aromatic N) is 2. The van der Waals surface area contributed by atoms with Crippen LogP contribution in [0, 0.1) is 0 Å². The summed E-state index contributed by atoms with van der Waals surface area (Å²) in [5, 5.41) is 4.36. The number of hydrogen-bond donors (Lipinski definition) is 0. The van der Waals surface area contributed by atoms with Crippen molar-refractivity contribution in [3.63, 3.8) is 0 Å². The van der Waals surface area contributed by atoms with Gasteiger partial charge in [0, 0.05) is 11.8 Å². The highest BCUT2D eigenvalue weighted by atomic mass is 16.5. The van der Waals surface area contributed by atoms with Crippen molar-refractivity contribution in [1.29, 1.82) is 0 Å². The monoisotopic (exact) mass is 278 g/mol. The fraction of sp³-hybridized carbons (Fsp3) is 0.0588. The van der Waals surface area contributed by atoms with Gasteiger partial charge in [-0.15, -0.1) is 0 Å². The summed E-state index contributed by atoms with van der Waals surface area (Å²) < 4.78 is 6.46. The summed E-state index contributed by atoms with van der Waals surface area (Å²) in [6.07, 6.45) is 3.78. The lowest BCUT2D eigenvalue weighted by atomic mass is 10.1. The van der Waals surface area contributed by atoms with E-state index < -0.39 is 0 Å². The molecule has 3 aromatic rings. The zero-order chi connectivity index (χ0) is 14.7. The molecule has 104 valence electrons. The molecule has 0 aliphatic carbocycles. The van der Waals surface area contributed by atoms with Gasteiger partial charge in [-0.3, -0.25) is 0 Å². The molecular formula is C17H14N2O2.